The molecule has 18 heavy (non-hydrogen) atoms. The van der Waals surface area contributed by atoms with Crippen LogP contribution in [0.5, 0.6) is 0 Å². The summed E-state index contributed by atoms with van der Waals surface area (Å²) in [4.78, 5) is 0.126. The number of benzene rings is 1. The van der Waals surface area contributed by atoms with E-state index < -0.39 is 10.0 Å². The Morgan fingerprint density at radius 2 is 2.17 bits per heavy atom. The van der Waals surface area contributed by atoms with Crippen LogP contribution in [0.25, 0.3) is 0 Å². The Hall–Kier alpha value is -0.880. The van der Waals surface area contributed by atoms with Gasteiger partial charge in [-0.1, -0.05) is 23.7 Å². The Morgan fingerprint density at radius 3 is 2.72 bits per heavy atom. The monoisotopic (exact) mass is 288 g/mol. The average Bonchev–Trinajstić information content (AvgIpc) is 2.32. The molecule has 0 radical (unpaired) electrons. The molecule has 1 aromatic rings. The zero-order valence-electron chi connectivity index (χ0n) is 10.5. The fourth-order valence-corrected chi connectivity index (χ4v) is 3.17. The zero-order valence-corrected chi connectivity index (χ0v) is 12.1. The molecule has 0 aliphatic carbocycles. The van der Waals surface area contributed by atoms with E-state index in [1.807, 2.05) is 0 Å². The van der Waals surface area contributed by atoms with Crippen molar-refractivity contribution in [1.29, 1.82) is 0 Å². The molecule has 0 aliphatic heterocycles. The van der Waals surface area contributed by atoms with Crippen molar-refractivity contribution in [2.45, 2.75) is 11.4 Å². The summed E-state index contributed by atoms with van der Waals surface area (Å²) >= 11 is 5.97. The molecular formula is C12H17ClN2O2S. The molecule has 0 aliphatic rings. The smallest absolute Gasteiger partial charge is 0.244 e. The van der Waals surface area contributed by atoms with E-state index in [-0.39, 0.29) is 16.5 Å². The van der Waals surface area contributed by atoms with Crippen molar-refractivity contribution in [2.75, 3.05) is 20.6 Å². The SMILES string of the molecule is C=CCN(C)S(=O)(=O)c1cc(CNC)ccc1Cl. The second-order valence-electron chi connectivity index (χ2n) is 3.87. The van der Waals surface area contributed by atoms with Crippen molar-refractivity contribution in [3.05, 3.63) is 41.4 Å². The Balaban J connectivity index is 3.22. The summed E-state index contributed by atoms with van der Waals surface area (Å²) in [5.74, 6) is 0. The molecule has 0 amide bonds. The van der Waals surface area contributed by atoms with E-state index in [4.69, 9.17) is 11.6 Å². The number of hydrogen-bond acceptors (Lipinski definition) is 3. The Labute approximate surface area is 113 Å². The molecule has 4 nitrogen and oxygen atoms in total. The molecule has 0 spiro atoms. The summed E-state index contributed by atoms with van der Waals surface area (Å²) in [6, 6.07) is 4.99. The molecule has 0 saturated heterocycles. The van der Waals surface area contributed by atoms with Crippen molar-refractivity contribution in [2.24, 2.45) is 0 Å². The topological polar surface area (TPSA) is 49.4 Å². The van der Waals surface area contributed by atoms with Gasteiger partial charge in [-0.25, -0.2) is 8.42 Å². The third kappa shape index (κ3) is 3.32. The molecule has 6 heteroatoms. The Bertz CT molecular complexity index is 529. The average molecular weight is 289 g/mol. The van der Waals surface area contributed by atoms with Crippen LogP contribution in [-0.2, 0) is 16.6 Å². The van der Waals surface area contributed by atoms with Gasteiger partial charge in [0.2, 0.25) is 10.0 Å². The van der Waals surface area contributed by atoms with Gasteiger partial charge in [-0.05, 0) is 24.7 Å². The zero-order chi connectivity index (χ0) is 13.8. The number of halogens is 1. The van der Waals surface area contributed by atoms with Crippen molar-refractivity contribution in [3.8, 4) is 0 Å². The highest BCUT2D eigenvalue weighted by Crippen LogP contribution is 2.25. The van der Waals surface area contributed by atoms with Gasteiger partial charge in [0.15, 0.2) is 0 Å². The second-order valence-corrected chi connectivity index (χ2v) is 6.29. The molecule has 0 aromatic heterocycles. The third-order valence-corrected chi connectivity index (χ3v) is 4.76. The van der Waals surface area contributed by atoms with Crippen LogP contribution in [0.2, 0.25) is 5.02 Å². The van der Waals surface area contributed by atoms with E-state index in [0.29, 0.717) is 6.54 Å². The van der Waals surface area contributed by atoms with Crippen LogP contribution in [0.1, 0.15) is 5.56 Å². The Kier molecular flexibility index (Phi) is 5.34. The minimum atomic E-state index is -3.57. The first-order valence-electron chi connectivity index (χ1n) is 5.43. The van der Waals surface area contributed by atoms with E-state index in [2.05, 4.69) is 11.9 Å². The fraction of sp³-hybridized carbons (Fsp3) is 0.333. The summed E-state index contributed by atoms with van der Waals surface area (Å²) in [6.07, 6.45) is 1.53. The van der Waals surface area contributed by atoms with Gasteiger partial charge in [-0.2, -0.15) is 4.31 Å². The van der Waals surface area contributed by atoms with Crippen LogP contribution in [0, 0.1) is 0 Å². The van der Waals surface area contributed by atoms with E-state index in [0.717, 1.165) is 5.56 Å². The molecule has 1 N–H and O–H groups in total. The van der Waals surface area contributed by atoms with Crippen LogP contribution in [-0.4, -0.2) is 33.4 Å². The van der Waals surface area contributed by atoms with Gasteiger partial charge in [0.05, 0.1) is 5.02 Å². The highest BCUT2D eigenvalue weighted by molar-refractivity contribution is 7.89. The van der Waals surface area contributed by atoms with Gasteiger partial charge in [0, 0.05) is 20.1 Å². The lowest BCUT2D eigenvalue weighted by Gasteiger charge is -2.16. The standard InChI is InChI=1S/C12H17ClN2O2S/c1-4-7-15(3)18(16,17)12-8-10(9-14-2)5-6-11(12)13/h4-6,8,14H,1,7,9H2,2-3H3. The van der Waals surface area contributed by atoms with Gasteiger partial charge in [0.25, 0.3) is 0 Å². The largest absolute Gasteiger partial charge is 0.316 e. The van der Waals surface area contributed by atoms with E-state index in [1.54, 1.807) is 25.2 Å². The van der Waals surface area contributed by atoms with Gasteiger partial charge in [-0.15, -0.1) is 6.58 Å². The maximum Gasteiger partial charge on any atom is 0.244 e. The van der Waals surface area contributed by atoms with Crippen LogP contribution in [0.3, 0.4) is 0 Å². The van der Waals surface area contributed by atoms with Crippen molar-refractivity contribution in [3.63, 3.8) is 0 Å². The Morgan fingerprint density at radius 1 is 1.50 bits per heavy atom. The van der Waals surface area contributed by atoms with Crippen molar-refractivity contribution in [1.82, 2.24) is 9.62 Å². The lowest BCUT2D eigenvalue weighted by molar-refractivity contribution is 0.499. The lowest BCUT2D eigenvalue weighted by Crippen LogP contribution is -2.27. The van der Waals surface area contributed by atoms with Crippen LogP contribution >= 0.6 is 11.6 Å². The number of hydrogen-bond donors (Lipinski definition) is 1. The third-order valence-electron chi connectivity index (χ3n) is 2.45. The second kappa shape index (κ2) is 6.33. The molecule has 0 saturated carbocycles. The number of nitrogens with one attached hydrogen (secondary N) is 1. The first-order valence-corrected chi connectivity index (χ1v) is 7.25. The maximum absolute atomic E-state index is 12.3. The molecule has 1 aromatic carbocycles. The number of rotatable bonds is 6. The molecule has 100 valence electrons. The number of sulfonamides is 1. The lowest BCUT2D eigenvalue weighted by atomic mass is 10.2. The fourth-order valence-electron chi connectivity index (χ4n) is 1.51. The predicted molar refractivity (Wildman–Crippen MR) is 74.2 cm³/mol. The van der Waals surface area contributed by atoms with E-state index in [1.165, 1.54) is 17.4 Å². The summed E-state index contributed by atoms with van der Waals surface area (Å²) in [7, 11) is -0.274. The molecule has 0 unspecified atom stereocenters. The molecule has 1 rings (SSSR count). The van der Waals surface area contributed by atoms with Crippen molar-refractivity contribution < 1.29 is 8.42 Å². The first-order chi connectivity index (χ1) is 8.43. The number of likely N-dealkylation sites (N-methyl/N-ethyl adjacent to an activating group) is 1. The highest BCUT2D eigenvalue weighted by atomic mass is 35.5. The molecule has 0 fully saturated rings. The van der Waals surface area contributed by atoms with Gasteiger partial charge >= 0.3 is 0 Å². The minimum absolute atomic E-state index is 0.126. The first kappa shape index (κ1) is 15.2. The van der Waals surface area contributed by atoms with Crippen LogP contribution in [0.4, 0.5) is 0 Å². The maximum atomic E-state index is 12.3. The summed E-state index contributed by atoms with van der Waals surface area (Å²) < 4.78 is 25.8. The summed E-state index contributed by atoms with van der Waals surface area (Å²) in [5, 5.41) is 3.20. The van der Waals surface area contributed by atoms with Gasteiger partial charge in [0.1, 0.15) is 4.90 Å². The summed E-state index contributed by atoms with van der Waals surface area (Å²) in [5.41, 5.74) is 0.868. The normalized spacial score (nSPS) is 11.8. The summed E-state index contributed by atoms with van der Waals surface area (Å²) in [6.45, 7) is 4.36. The highest BCUT2D eigenvalue weighted by Gasteiger charge is 2.22. The molecular weight excluding hydrogens is 272 g/mol. The van der Waals surface area contributed by atoms with Crippen LogP contribution < -0.4 is 5.32 Å². The molecule has 0 bridgehead atoms. The van der Waals surface area contributed by atoms with E-state index >= 15 is 0 Å². The minimum Gasteiger partial charge on any atom is -0.316 e. The van der Waals surface area contributed by atoms with Crippen molar-refractivity contribution >= 4 is 21.6 Å². The van der Waals surface area contributed by atoms with Gasteiger partial charge < -0.3 is 5.32 Å². The van der Waals surface area contributed by atoms with E-state index in [9.17, 15) is 8.42 Å². The van der Waals surface area contributed by atoms with Crippen LogP contribution in [0.15, 0.2) is 35.7 Å². The predicted octanol–water partition coefficient (Wildman–Crippen LogP) is 1.87. The van der Waals surface area contributed by atoms with Gasteiger partial charge in [-0.3, -0.25) is 0 Å². The number of nitrogens with zero attached hydrogens (tertiary/aromatic N) is 1. The quantitative estimate of drug-likeness (QED) is 0.813. The molecule has 0 heterocycles. The molecule has 0 atom stereocenters.